The zero-order chi connectivity index (χ0) is 15.2. The number of carbonyl (C=O) groups excluding carboxylic acids is 1. The average Bonchev–Trinajstić information content (AvgIpc) is 2.61. The van der Waals surface area contributed by atoms with Gasteiger partial charge in [0.1, 0.15) is 6.61 Å². The topological polar surface area (TPSA) is 42.4 Å². The molecule has 22 heavy (non-hydrogen) atoms. The number of nitrogens with zero attached hydrogens (tertiary/aromatic N) is 2. The van der Waals surface area contributed by atoms with Crippen molar-refractivity contribution in [3.8, 4) is 5.88 Å². The van der Waals surface area contributed by atoms with Gasteiger partial charge in [0.15, 0.2) is 0 Å². The number of likely N-dealkylation sites (tertiary alicyclic amines) is 1. The van der Waals surface area contributed by atoms with Gasteiger partial charge in [-0.1, -0.05) is 36.4 Å². The summed E-state index contributed by atoms with van der Waals surface area (Å²) in [5.74, 6) is 0.630. The number of hydrogen-bond acceptors (Lipinski definition) is 3. The van der Waals surface area contributed by atoms with Crippen molar-refractivity contribution in [2.75, 3.05) is 6.54 Å². The first-order chi connectivity index (χ1) is 10.9. The van der Waals surface area contributed by atoms with Gasteiger partial charge in [-0.3, -0.25) is 4.79 Å². The summed E-state index contributed by atoms with van der Waals surface area (Å²) >= 11 is 0. The average molecular weight is 296 g/mol. The van der Waals surface area contributed by atoms with Crippen molar-refractivity contribution < 1.29 is 9.53 Å². The molecule has 1 aromatic heterocycles. The molecule has 1 saturated heterocycles. The molecule has 1 aliphatic rings. The van der Waals surface area contributed by atoms with Crippen molar-refractivity contribution in [3.63, 3.8) is 0 Å². The highest BCUT2D eigenvalue weighted by Gasteiger charge is 2.25. The van der Waals surface area contributed by atoms with E-state index >= 15 is 0 Å². The fourth-order valence-corrected chi connectivity index (χ4v) is 2.92. The zero-order valence-electron chi connectivity index (χ0n) is 12.5. The lowest BCUT2D eigenvalue weighted by Crippen LogP contribution is -2.32. The Morgan fingerprint density at radius 3 is 2.86 bits per heavy atom. The fourth-order valence-electron chi connectivity index (χ4n) is 2.92. The molecule has 1 atom stereocenters. The molecule has 1 unspecified atom stereocenters. The van der Waals surface area contributed by atoms with E-state index in [9.17, 15) is 4.79 Å². The first-order valence-corrected chi connectivity index (χ1v) is 7.71. The summed E-state index contributed by atoms with van der Waals surface area (Å²) in [5, 5.41) is 0. The van der Waals surface area contributed by atoms with E-state index in [4.69, 9.17) is 4.74 Å². The van der Waals surface area contributed by atoms with Gasteiger partial charge in [0.25, 0.3) is 0 Å². The standard InChI is InChI=1S/C18H20N2O2/c21-14-20-12-5-4-10-17(20)16-9-6-11-19-18(16)22-13-15-7-2-1-3-8-15/h1-3,6-9,11,14,17H,4-5,10,12-13H2. The van der Waals surface area contributed by atoms with Crippen molar-refractivity contribution in [1.82, 2.24) is 9.88 Å². The van der Waals surface area contributed by atoms with Crippen LogP contribution in [0.15, 0.2) is 48.7 Å². The van der Waals surface area contributed by atoms with Crippen molar-refractivity contribution in [3.05, 3.63) is 59.8 Å². The molecule has 1 amide bonds. The highest BCUT2D eigenvalue weighted by atomic mass is 16.5. The highest BCUT2D eigenvalue weighted by Crippen LogP contribution is 2.34. The van der Waals surface area contributed by atoms with Crippen LogP contribution in [0, 0.1) is 0 Å². The molecule has 2 aromatic rings. The maximum absolute atomic E-state index is 11.3. The fraction of sp³-hybridized carbons (Fsp3) is 0.333. The molecule has 2 heterocycles. The molecule has 3 rings (SSSR count). The summed E-state index contributed by atoms with van der Waals surface area (Å²) in [6, 6.07) is 14.0. The Morgan fingerprint density at radius 1 is 1.18 bits per heavy atom. The molecule has 1 aromatic carbocycles. The van der Waals surface area contributed by atoms with Crippen LogP contribution < -0.4 is 4.74 Å². The maximum Gasteiger partial charge on any atom is 0.218 e. The lowest BCUT2D eigenvalue weighted by molar-refractivity contribution is -0.121. The Hall–Kier alpha value is -2.36. The first-order valence-electron chi connectivity index (χ1n) is 7.71. The molecule has 0 spiro atoms. The second kappa shape index (κ2) is 7.07. The Bertz CT molecular complexity index is 615. The SMILES string of the molecule is O=CN1CCCCC1c1cccnc1OCc1ccccc1. The van der Waals surface area contributed by atoms with E-state index in [1.165, 1.54) is 0 Å². The van der Waals surface area contributed by atoms with E-state index in [0.717, 1.165) is 43.3 Å². The lowest BCUT2D eigenvalue weighted by Gasteiger charge is -2.33. The molecule has 114 valence electrons. The largest absolute Gasteiger partial charge is 0.473 e. The predicted molar refractivity (Wildman–Crippen MR) is 84.4 cm³/mol. The molecular weight excluding hydrogens is 276 g/mol. The molecule has 0 saturated carbocycles. The van der Waals surface area contributed by atoms with Crippen molar-refractivity contribution >= 4 is 6.41 Å². The number of benzene rings is 1. The van der Waals surface area contributed by atoms with Gasteiger partial charge in [0.05, 0.1) is 6.04 Å². The molecule has 0 radical (unpaired) electrons. The summed E-state index contributed by atoms with van der Waals surface area (Å²) in [7, 11) is 0. The molecule has 1 fully saturated rings. The van der Waals surface area contributed by atoms with Crippen LogP contribution in [0.4, 0.5) is 0 Å². The summed E-state index contributed by atoms with van der Waals surface area (Å²) in [4.78, 5) is 17.5. The number of aromatic nitrogens is 1. The highest BCUT2D eigenvalue weighted by molar-refractivity contribution is 5.50. The number of rotatable bonds is 5. The van der Waals surface area contributed by atoms with Crippen LogP contribution in [0.5, 0.6) is 5.88 Å². The van der Waals surface area contributed by atoms with E-state index in [0.29, 0.717) is 12.5 Å². The lowest BCUT2D eigenvalue weighted by atomic mass is 9.96. The maximum atomic E-state index is 11.3. The van der Waals surface area contributed by atoms with Gasteiger partial charge >= 0.3 is 0 Å². The number of piperidine rings is 1. The molecule has 4 nitrogen and oxygen atoms in total. The van der Waals surface area contributed by atoms with Crippen LogP contribution >= 0.6 is 0 Å². The minimum atomic E-state index is 0.0747. The summed E-state index contributed by atoms with van der Waals surface area (Å²) < 4.78 is 5.92. The van der Waals surface area contributed by atoms with Gasteiger partial charge in [-0.05, 0) is 30.9 Å². The normalized spacial score (nSPS) is 18.0. The van der Waals surface area contributed by atoms with Crippen LogP contribution in [0.2, 0.25) is 0 Å². The Morgan fingerprint density at radius 2 is 2.05 bits per heavy atom. The molecule has 4 heteroatoms. The molecule has 0 bridgehead atoms. The number of ether oxygens (including phenoxy) is 1. The number of pyridine rings is 1. The van der Waals surface area contributed by atoms with E-state index in [1.54, 1.807) is 6.20 Å². The van der Waals surface area contributed by atoms with Crippen LogP contribution in [0.3, 0.4) is 0 Å². The third-order valence-corrected chi connectivity index (χ3v) is 4.06. The molecule has 1 aliphatic heterocycles. The second-order valence-corrected chi connectivity index (χ2v) is 5.53. The molecule has 0 N–H and O–H groups in total. The zero-order valence-corrected chi connectivity index (χ0v) is 12.5. The molecule has 0 aliphatic carbocycles. The predicted octanol–water partition coefficient (Wildman–Crippen LogP) is 3.34. The van der Waals surface area contributed by atoms with E-state index in [2.05, 4.69) is 4.98 Å². The van der Waals surface area contributed by atoms with E-state index in [-0.39, 0.29) is 6.04 Å². The van der Waals surface area contributed by atoms with E-state index in [1.807, 2.05) is 47.4 Å². The summed E-state index contributed by atoms with van der Waals surface area (Å²) in [6.45, 7) is 1.29. The van der Waals surface area contributed by atoms with Gasteiger partial charge in [-0.25, -0.2) is 4.98 Å². The van der Waals surface area contributed by atoms with Crippen molar-refractivity contribution in [2.24, 2.45) is 0 Å². The summed E-state index contributed by atoms with van der Waals surface area (Å²) in [6.07, 6.45) is 5.83. The van der Waals surface area contributed by atoms with Crippen molar-refractivity contribution in [1.29, 1.82) is 0 Å². The Kier molecular flexibility index (Phi) is 4.68. The monoisotopic (exact) mass is 296 g/mol. The van der Waals surface area contributed by atoms with Gasteiger partial charge in [0, 0.05) is 18.3 Å². The smallest absolute Gasteiger partial charge is 0.218 e. The number of amides is 1. The van der Waals surface area contributed by atoms with Crippen LogP contribution in [-0.2, 0) is 11.4 Å². The number of hydrogen-bond donors (Lipinski definition) is 0. The first kappa shape index (κ1) is 14.6. The van der Waals surface area contributed by atoms with Crippen LogP contribution in [-0.4, -0.2) is 22.8 Å². The Balaban J connectivity index is 1.78. The van der Waals surface area contributed by atoms with Gasteiger partial charge < -0.3 is 9.64 Å². The minimum absolute atomic E-state index is 0.0747. The van der Waals surface area contributed by atoms with Crippen LogP contribution in [0.25, 0.3) is 0 Å². The van der Waals surface area contributed by atoms with Gasteiger partial charge in [0.2, 0.25) is 12.3 Å². The van der Waals surface area contributed by atoms with Gasteiger partial charge in [-0.2, -0.15) is 0 Å². The third-order valence-electron chi connectivity index (χ3n) is 4.06. The minimum Gasteiger partial charge on any atom is -0.473 e. The second-order valence-electron chi connectivity index (χ2n) is 5.53. The molecular formula is C18H20N2O2. The third kappa shape index (κ3) is 3.27. The quantitative estimate of drug-likeness (QED) is 0.795. The van der Waals surface area contributed by atoms with Crippen LogP contribution in [0.1, 0.15) is 36.4 Å². The van der Waals surface area contributed by atoms with E-state index < -0.39 is 0 Å². The van der Waals surface area contributed by atoms with Crippen molar-refractivity contribution in [2.45, 2.75) is 31.9 Å². The Labute approximate surface area is 130 Å². The number of carbonyl (C=O) groups is 1. The van der Waals surface area contributed by atoms with Gasteiger partial charge in [-0.15, -0.1) is 0 Å². The summed E-state index contributed by atoms with van der Waals surface area (Å²) in [5.41, 5.74) is 2.11.